The molecule has 2 aromatic carbocycles. The molecule has 2 aromatic rings. The Hall–Kier alpha value is -2.24. The Kier molecular flexibility index (Phi) is 6.90. The van der Waals surface area contributed by atoms with Crippen LogP contribution in [0.5, 0.6) is 0 Å². The van der Waals surface area contributed by atoms with Crippen molar-refractivity contribution in [1.29, 1.82) is 0 Å². The first-order valence-corrected chi connectivity index (χ1v) is 8.94. The van der Waals surface area contributed by atoms with Crippen molar-refractivity contribution in [2.45, 2.75) is 24.5 Å². The van der Waals surface area contributed by atoms with Crippen LogP contribution in [0.4, 0.5) is 4.79 Å². The number of rotatable bonds is 6. The molecule has 0 unspecified atom stereocenters. The molecule has 1 amide bonds. The smallest absolute Gasteiger partial charge is 0.440 e. The van der Waals surface area contributed by atoms with Crippen LogP contribution < -0.4 is 0 Å². The molecule has 1 N–H and O–H groups in total. The summed E-state index contributed by atoms with van der Waals surface area (Å²) in [7, 11) is -0.785. The van der Waals surface area contributed by atoms with E-state index in [2.05, 4.69) is 10.9 Å². The molecule has 0 bridgehead atoms. The summed E-state index contributed by atoms with van der Waals surface area (Å²) in [6, 6.07) is 17.2. The zero-order valence-corrected chi connectivity index (χ0v) is 14.4. The second-order valence-corrected chi connectivity index (χ2v) is 7.00. The SMILES string of the molecule is C=C[C@H](O)C/[S@](=N\C(=O)OCc1ccccc1)c1ccc(C)cc1. The Morgan fingerprint density at radius 1 is 1.25 bits per heavy atom. The number of hydrogen-bond donors (Lipinski definition) is 1. The van der Waals surface area contributed by atoms with E-state index in [0.717, 1.165) is 16.0 Å². The maximum Gasteiger partial charge on any atom is 0.440 e. The molecule has 0 saturated carbocycles. The van der Waals surface area contributed by atoms with Gasteiger partial charge in [-0.1, -0.05) is 64.8 Å². The van der Waals surface area contributed by atoms with Crippen molar-refractivity contribution in [3.8, 4) is 0 Å². The number of aryl methyl sites for hydroxylation is 1. The summed E-state index contributed by atoms with van der Waals surface area (Å²) < 4.78 is 9.35. The molecular weight excluding hydrogens is 322 g/mol. The summed E-state index contributed by atoms with van der Waals surface area (Å²) in [6.45, 7) is 5.74. The van der Waals surface area contributed by atoms with Crippen LogP contribution >= 0.6 is 0 Å². The molecule has 0 heterocycles. The highest BCUT2D eigenvalue weighted by atomic mass is 32.2. The first kappa shape index (κ1) is 18.1. The minimum Gasteiger partial charge on any atom is -0.443 e. The Bertz CT molecular complexity index is 711. The highest BCUT2D eigenvalue weighted by Crippen LogP contribution is 2.13. The number of hydrogen-bond acceptors (Lipinski definition) is 3. The van der Waals surface area contributed by atoms with Gasteiger partial charge < -0.3 is 9.84 Å². The van der Waals surface area contributed by atoms with Gasteiger partial charge in [0.2, 0.25) is 0 Å². The van der Waals surface area contributed by atoms with Crippen LogP contribution in [-0.2, 0) is 22.0 Å². The first-order chi connectivity index (χ1) is 11.6. The van der Waals surface area contributed by atoms with Gasteiger partial charge in [0, 0.05) is 10.6 Å². The van der Waals surface area contributed by atoms with Gasteiger partial charge in [0.1, 0.15) is 6.61 Å². The van der Waals surface area contributed by atoms with Crippen LogP contribution in [0.3, 0.4) is 0 Å². The predicted molar refractivity (Wildman–Crippen MR) is 96.9 cm³/mol. The predicted octanol–water partition coefficient (Wildman–Crippen LogP) is 4.04. The monoisotopic (exact) mass is 343 g/mol. The van der Waals surface area contributed by atoms with Gasteiger partial charge in [-0.05, 0) is 24.6 Å². The number of carbonyl (C=O) groups is 1. The third kappa shape index (κ3) is 5.76. The van der Waals surface area contributed by atoms with Crippen molar-refractivity contribution >= 4 is 16.8 Å². The largest absolute Gasteiger partial charge is 0.443 e. The highest BCUT2D eigenvalue weighted by molar-refractivity contribution is 7.87. The van der Waals surface area contributed by atoms with Gasteiger partial charge in [-0.3, -0.25) is 0 Å². The van der Waals surface area contributed by atoms with Crippen LogP contribution in [-0.4, -0.2) is 23.1 Å². The first-order valence-electron chi connectivity index (χ1n) is 7.59. The lowest BCUT2D eigenvalue weighted by Gasteiger charge is -2.11. The summed E-state index contributed by atoms with van der Waals surface area (Å²) in [5.41, 5.74) is 2.03. The van der Waals surface area contributed by atoms with Gasteiger partial charge in [0.05, 0.1) is 6.10 Å². The van der Waals surface area contributed by atoms with E-state index in [1.165, 1.54) is 6.08 Å². The molecule has 0 fully saturated rings. The number of carbonyl (C=O) groups excluding carboxylic acids is 1. The summed E-state index contributed by atoms with van der Waals surface area (Å²) >= 11 is 0. The van der Waals surface area contributed by atoms with Crippen LogP contribution in [0.1, 0.15) is 11.1 Å². The van der Waals surface area contributed by atoms with Crippen molar-refractivity contribution in [2.75, 3.05) is 5.75 Å². The normalized spacial score (nSPS) is 13.2. The highest BCUT2D eigenvalue weighted by Gasteiger charge is 2.10. The molecule has 24 heavy (non-hydrogen) atoms. The topological polar surface area (TPSA) is 58.9 Å². The van der Waals surface area contributed by atoms with E-state index < -0.39 is 22.9 Å². The van der Waals surface area contributed by atoms with Gasteiger partial charge in [0.15, 0.2) is 0 Å². The molecule has 0 saturated heterocycles. The van der Waals surface area contributed by atoms with Gasteiger partial charge >= 0.3 is 6.09 Å². The van der Waals surface area contributed by atoms with Crippen LogP contribution in [0.2, 0.25) is 0 Å². The molecule has 2 atom stereocenters. The van der Waals surface area contributed by atoms with Crippen LogP contribution in [0, 0.1) is 6.92 Å². The van der Waals surface area contributed by atoms with Crippen molar-refractivity contribution in [2.24, 2.45) is 4.36 Å². The minimum atomic E-state index is -0.785. The van der Waals surface area contributed by atoms with E-state index in [-0.39, 0.29) is 6.61 Å². The lowest BCUT2D eigenvalue weighted by atomic mass is 10.2. The fourth-order valence-electron chi connectivity index (χ4n) is 1.95. The molecule has 0 radical (unpaired) electrons. The molecule has 0 aliphatic rings. The number of nitrogens with zero attached hydrogens (tertiary/aromatic N) is 1. The minimum absolute atomic E-state index is 0.179. The van der Waals surface area contributed by atoms with Gasteiger partial charge in [0.25, 0.3) is 0 Å². The van der Waals surface area contributed by atoms with Gasteiger partial charge in [-0.25, -0.2) is 4.79 Å². The van der Waals surface area contributed by atoms with Crippen LogP contribution in [0.25, 0.3) is 0 Å². The van der Waals surface area contributed by atoms with Crippen LogP contribution in [0.15, 0.2) is 76.5 Å². The third-order valence-electron chi connectivity index (χ3n) is 3.28. The molecule has 2 rings (SSSR count). The van der Waals surface area contributed by atoms with E-state index in [9.17, 15) is 9.90 Å². The molecule has 0 spiro atoms. The molecule has 0 aromatic heterocycles. The number of aliphatic hydroxyl groups is 1. The van der Waals surface area contributed by atoms with E-state index in [1.807, 2.05) is 61.5 Å². The van der Waals surface area contributed by atoms with Gasteiger partial charge in [-0.2, -0.15) is 0 Å². The molecule has 5 heteroatoms. The van der Waals surface area contributed by atoms with Crippen molar-refractivity contribution in [3.63, 3.8) is 0 Å². The lowest BCUT2D eigenvalue weighted by Crippen LogP contribution is -2.15. The maximum absolute atomic E-state index is 12.0. The average Bonchev–Trinajstić information content (AvgIpc) is 2.61. The Balaban J connectivity index is 2.12. The Labute approximate surface area is 144 Å². The standard InChI is InChI=1S/C19H21NO3S/c1-3-17(21)14-24(18-11-9-15(2)10-12-18)20-19(22)23-13-16-7-5-4-6-8-16/h3-12,17,21H,1,13-14H2,2H3/t17-,24-/m0/s1. The fraction of sp³-hybridized carbons (Fsp3) is 0.211. The average molecular weight is 343 g/mol. The maximum atomic E-state index is 12.0. The van der Waals surface area contributed by atoms with Crippen molar-refractivity contribution in [1.82, 2.24) is 0 Å². The molecule has 126 valence electrons. The summed E-state index contributed by atoms with van der Waals surface area (Å²) in [5, 5.41) is 9.84. The summed E-state index contributed by atoms with van der Waals surface area (Å²) in [6.07, 6.45) is 0.0956. The molecular formula is C19H21NO3S. The van der Waals surface area contributed by atoms with Crippen molar-refractivity contribution in [3.05, 3.63) is 78.4 Å². The second-order valence-electron chi connectivity index (χ2n) is 5.28. The van der Waals surface area contributed by atoms with E-state index in [4.69, 9.17) is 4.74 Å². The number of ether oxygens (including phenoxy) is 1. The third-order valence-corrected chi connectivity index (χ3v) is 5.13. The number of benzene rings is 2. The zero-order valence-electron chi connectivity index (χ0n) is 13.6. The van der Waals surface area contributed by atoms with Gasteiger partial charge in [-0.15, -0.1) is 10.9 Å². The second kappa shape index (κ2) is 9.15. The van der Waals surface area contributed by atoms with E-state index in [1.54, 1.807) is 0 Å². The lowest BCUT2D eigenvalue weighted by molar-refractivity contribution is 0.151. The van der Waals surface area contributed by atoms with Crippen molar-refractivity contribution < 1.29 is 14.6 Å². The zero-order chi connectivity index (χ0) is 17.4. The molecule has 0 aliphatic heterocycles. The summed E-state index contributed by atoms with van der Waals surface area (Å²) in [4.78, 5) is 12.9. The fourth-order valence-corrected chi connectivity index (χ4v) is 3.46. The molecule has 0 aliphatic carbocycles. The molecule has 4 nitrogen and oxygen atoms in total. The Morgan fingerprint density at radius 2 is 1.92 bits per heavy atom. The Morgan fingerprint density at radius 3 is 2.54 bits per heavy atom. The number of aliphatic hydroxyl groups excluding tert-OH is 1. The van der Waals surface area contributed by atoms with E-state index >= 15 is 0 Å². The summed E-state index contributed by atoms with van der Waals surface area (Å²) in [5.74, 6) is 0.312. The van der Waals surface area contributed by atoms with E-state index in [0.29, 0.717) is 5.75 Å². The number of amides is 1. The quantitative estimate of drug-likeness (QED) is 0.805.